The molecule has 1 aromatic rings. The molecule has 0 radical (unpaired) electrons. The minimum absolute atomic E-state index is 0.0522. The molecular formula is C16H23NO3. The molecule has 1 aliphatic rings. The third-order valence-electron chi connectivity index (χ3n) is 3.66. The second-order valence-corrected chi connectivity index (χ2v) is 5.44. The summed E-state index contributed by atoms with van der Waals surface area (Å²) in [4.78, 5) is 11.8. The highest BCUT2D eigenvalue weighted by Gasteiger charge is 2.24. The lowest BCUT2D eigenvalue weighted by Crippen LogP contribution is -2.45. The van der Waals surface area contributed by atoms with Gasteiger partial charge in [-0.2, -0.15) is 0 Å². The fourth-order valence-corrected chi connectivity index (χ4v) is 2.53. The molecule has 4 heteroatoms. The first-order chi connectivity index (χ1) is 9.65. The number of aliphatic hydroxyl groups excluding tert-OH is 1. The fourth-order valence-electron chi connectivity index (χ4n) is 2.53. The predicted molar refractivity (Wildman–Crippen MR) is 77.7 cm³/mol. The van der Waals surface area contributed by atoms with Crippen LogP contribution in [-0.4, -0.2) is 29.8 Å². The lowest BCUT2D eigenvalue weighted by Gasteiger charge is -2.28. The van der Waals surface area contributed by atoms with Gasteiger partial charge in [0.25, 0.3) is 0 Å². The highest BCUT2D eigenvalue weighted by molar-refractivity contribution is 5.76. The second-order valence-electron chi connectivity index (χ2n) is 5.44. The number of ether oxygens (including phenoxy) is 1. The van der Waals surface area contributed by atoms with Crippen molar-refractivity contribution in [1.82, 2.24) is 5.32 Å². The maximum atomic E-state index is 11.8. The molecule has 1 aliphatic carbocycles. The molecule has 110 valence electrons. The van der Waals surface area contributed by atoms with E-state index in [0.29, 0.717) is 13.0 Å². The van der Waals surface area contributed by atoms with Gasteiger partial charge >= 0.3 is 0 Å². The molecule has 2 N–H and O–H groups in total. The van der Waals surface area contributed by atoms with Gasteiger partial charge in [-0.25, -0.2) is 0 Å². The summed E-state index contributed by atoms with van der Waals surface area (Å²) in [6.07, 6.45) is 3.68. The smallest absolute Gasteiger partial charge is 0.223 e. The summed E-state index contributed by atoms with van der Waals surface area (Å²) in [7, 11) is 0. The van der Waals surface area contributed by atoms with Gasteiger partial charge in [-0.05, 0) is 37.5 Å². The van der Waals surface area contributed by atoms with Crippen LogP contribution >= 0.6 is 0 Å². The maximum absolute atomic E-state index is 11.8. The number of rotatable bonds is 5. The Morgan fingerprint density at radius 2 is 2.20 bits per heavy atom. The molecule has 2 atom stereocenters. The zero-order valence-corrected chi connectivity index (χ0v) is 12.0. The number of aryl methyl sites for hydroxylation is 1. The van der Waals surface area contributed by atoms with Crippen LogP contribution in [0.3, 0.4) is 0 Å². The average molecular weight is 277 g/mol. The number of hydrogen-bond acceptors (Lipinski definition) is 3. The third kappa shape index (κ3) is 4.53. The Morgan fingerprint density at radius 3 is 2.95 bits per heavy atom. The van der Waals surface area contributed by atoms with Crippen molar-refractivity contribution < 1.29 is 14.6 Å². The molecular weight excluding hydrogens is 254 g/mol. The molecule has 0 heterocycles. The van der Waals surface area contributed by atoms with Gasteiger partial charge in [-0.3, -0.25) is 4.79 Å². The van der Waals surface area contributed by atoms with Crippen LogP contribution < -0.4 is 10.1 Å². The van der Waals surface area contributed by atoms with E-state index in [-0.39, 0.29) is 11.9 Å². The Hall–Kier alpha value is -1.55. The predicted octanol–water partition coefficient (Wildman–Crippen LogP) is 2.18. The number of amides is 1. The Kier molecular flexibility index (Phi) is 5.41. The van der Waals surface area contributed by atoms with E-state index < -0.39 is 6.10 Å². The van der Waals surface area contributed by atoms with Crippen LogP contribution in [0.1, 0.15) is 37.7 Å². The summed E-state index contributed by atoms with van der Waals surface area (Å²) in [5, 5.41) is 12.7. The number of hydrogen-bond donors (Lipinski definition) is 2. The molecule has 0 spiro atoms. The third-order valence-corrected chi connectivity index (χ3v) is 3.66. The molecule has 0 aromatic heterocycles. The quantitative estimate of drug-likeness (QED) is 0.867. The number of carbonyl (C=O) groups excluding carboxylic acids is 1. The normalized spacial score (nSPS) is 22.3. The highest BCUT2D eigenvalue weighted by atomic mass is 16.5. The molecule has 1 amide bonds. The summed E-state index contributed by atoms with van der Waals surface area (Å²) in [6.45, 7) is 2.36. The highest BCUT2D eigenvalue weighted by Crippen LogP contribution is 2.18. The van der Waals surface area contributed by atoms with Crippen molar-refractivity contribution in [3.8, 4) is 5.75 Å². The van der Waals surface area contributed by atoms with Crippen molar-refractivity contribution in [3.63, 3.8) is 0 Å². The monoisotopic (exact) mass is 277 g/mol. The molecule has 0 aliphatic heterocycles. The van der Waals surface area contributed by atoms with Crippen LogP contribution in [0.25, 0.3) is 0 Å². The molecule has 0 bridgehead atoms. The van der Waals surface area contributed by atoms with E-state index in [1.165, 1.54) is 0 Å². The lowest BCUT2D eigenvalue weighted by atomic mass is 9.92. The van der Waals surface area contributed by atoms with E-state index in [0.717, 1.165) is 37.0 Å². The maximum Gasteiger partial charge on any atom is 0.223 e. The van der Waals surface area contributed by atoms with E-state index in [2.05, 4.69) is 5.32 Å². The topological polar surface area (TPSA) is 58.6 Å². The van der Waals surface area contributed by atoms with Crippen LogP contribution in [0.5, 0.6) is 5.75 Å². The Bertz CT molecular complexity index is 447. The molecule has 1 saturated carbocycles. The van der Waals surface area contributed by atoms with Gasteiger partial charge in [0, 0.05) is 0 Å². The first-order valence-electron chi connectivity index (χ1n) is 7.32. The van der Waals surface area contributed by atoms with Gasteiger partial charge in [0.15, 0.2) is 0 Å². The number of aliphatic hydroxyl groups is 1. The fraction of sp³-hybridized carbons (Fsp3) is 0.562. The van der Waals surface area contributed by atoms with Crippen molar-refractivity contribution in [2.75, 3.05) is 6.61 Å². The van der Waals surface area contributed by atoms with Gasteiger partial charge < -0.3 is 15.2 Å². The standard InChI is InChI=1S/C16H23NO3/c1-12-5-4-6-13(11-12)20-10-9-16(19)17-14-7-2-3-8-15(14)18/h4-6,11,14-15,18H,2-3,7-10H2,1H3,(H,17,19). The molecule has 0 saturated heterocycles. The lowest BCUT2D eigenvalue weighted by molar-refractivity contribution is -0.123. The molecule has 1 aromatic carbocycles. The first kappa shape index (κ1) is 14.9. The van der Waals surface area contributed by atoms with Crippen LogP contribution in [0.15, 0.2) is 24.3 Å². The minimum atomic E-state index is -0.398. The van der Waals surface area contributed by atoms with Crippen molar-refractivity contribution in [2.24, 2.45) is 0 Å². The van der Waals surface area contributed by atoms with Crippen LogP contribution in [0, 0.1) is 6.92 Å². The Balaban J connectivity index is 1.70. The molecule has 2 rings (SSSR count). The van der Waals surface area contributed by atoms with Crippen molar-refractivity contribution in [2.45, 2.75) is 51.2 Å². The van der Waals surface area contributed by atoms with Gasteiger partial charge in [-0.15, -0.1) is 0 Å². The zero-order chi connectivity index (χ0) is 14.4. The Morgan fingerprint density at radius 1 is 1.40 bits per heavy atom. The van der Waals surface area contributed by atoms with Gasteiger partial charge in [0.1, 0.15) is 5.75 Å². The van der Waals surface area contributed by atoms with E-state index >= 15 is 0 Å². The summed E-state index contributed by atoms with van der Waals surface area (Å²) in [5.74, 6) is 0.735. The van der Waals surface area contributed by atoms with E-state index in [4.69, 9.17) is 4.74 Å². The molecule has 2 unspecified atom stereocenters. The van der Waals surface area contributed by atoms with Gasteiger partial charge in [0.05, 0.1) is 25.2 Å². The Labute approximate surface area is 120 Å². The van der Waals surface area contributed by atoms with Crippen LogP contribution in [0.4, 0.5) is 0 Å². The van der Waals surface area contributed by atoms with E-state index in [9.17, 15) is 9.90 Å². The minimum Gasteiger partial charge on any atom is -0.493 e. The second kappa shape index (κ2) is 7.29. The average Bonchev–Trinajstić information content (AvgIpc) is 2.41. The first-order valence-corrected chi connectivity index (χ1v) is 7.32. The van der Waals surface area contributed by atoms with Crippen molar-refractivity contribution >= 4 is 5.91 Å². The van der Waals surface area contributed by atoms with Crippen molar-refractivity contribution in [1.29, 1.82) is 0 Å². The summed E-state index contributed by atoms with van der Waals surface area (Å²) >= 11 is 0. The molecule has 4 nitrogen and oxygen atoms in total. The van der Waals surface area contributed by atoms with Gasteiger partial charge in [-0.1, -0.05) is 25.0 Å². The summed E-state index contributed by atoms with van der Waals surface area (Å²) in [6, 6.07) is 7.68. The summed E-state index contributed by atoms with van der Waals surface area (Å²) in [5.41, 5.74) is 1.14. The molecule has 20 heavy (non-hydrogen) atoms. The van der Waals surface area contributed by atoms with E-state index in [1.807, 2.05) is 31.2 Å². The van der Waals surface area contributed by atoms with Crippen LogP contribution in [0.2, 0.25) is 0 Å². The number of nitrogens with one attached hydrogen (secondary N) is 1. The molecule has 1 fully saturated rings. The number of benzene rings is 1. The zero-order valence-electron chi connectivity index (χ0n) is 12.0. The summed E-state index contributed by atoms with van der Waals surface area (Å²) < 4.78 is 5.55. The van der Waals surface area contributed by atoms with Crippen molar-refractivity contribution in [3.05, 3.63) is 29.8 Å². The largest absolute Gasteiger partial charge is 0.493 e. The number of carbonyl (C=O) groups is 1. The van der Waals surface area contributed by atoms with Crippen LogP contribution in [-0.2, 0) is 4.79 Å². The van der Waals surface area contributed by atoms with Gasteiger partial charge in [0.2, 0.25) is 5.91 Å². The van der Waals surface area contributed by atoms with E-state index in [1.54, 1.807) is 0 Å². The SMILES string of the molecule is Cc1cccc(OCCC(=O)NC2CCCCC2O)c1.